The molecule has 20 heteroatoms. The van der Waals surface area contributed by atoms with Gasteiger partial charge in [-0.05, 0) is 35.9 Å². The smallest absolute Gasteiger partial charge is 0.744 e. The number of hydrogen-bond donors (Lipinski definition) is 1. The van der Waals surface area contributed by atoms with E-state index in [1.807, 2.05) is 0 Å². The maximum Gasteiger partial charge on any atom is 1.00 e. The van der Waals surface area contributed by atoms with Crippen LogP contribution in [-0.4, -0.2) is 54.7 Å². The predicted molar refractivity (Wildman–Crippen MR) is 162 cm³/mol. The van der Waals surface area contributed by atoms with E-state index in [9.17, 15) is 40.3 Å². The second kappa shape index (κ2) is 17.0. The molecule has 6 rings (SSSR count). The Bertz CT molecular complexity index is 2570. The number of rotatable bonds is 6. The fourth-order valence-corrected chi connectivity index (χ4v) is 6.51. The summed E-state index contributed by atoms with van der Waals surface area (Å²) >= 11 is 0. The van der Waals surface area contributed by atoms with E-state index in [4.69, 9.17) is 12.6 Å². The van der Waals surface area contributed by atoms with Crippen LogP contribution in [0.4, 0.5) is 11.4 Å². The molecule has 5 aromatic rings. The van der Waals surface area contributed by atoms with Crippen LogP contribution in [0, 0.1) is 6.07 Å². The Kier molecular flexibility index (Phi) is 14.9. The van der Waals surface area contributed by atoms with Gasteiger partial charge >= 0.3 is 99.3 Å². The van der Waals surface area contributed by atoms with Crippen molar-refractivity contribution in [3.63, 3.8) is 0 Å². The predicted octanol–water partition coefficient (Wildman–Crippen LogP) is -6.66. The van der Waals surface area contributed by atoms with Crippen molar-refractivity contribution in [1.82, 2.24) is 4.57 Å². The number of ketones is 2. The Labute approximate surface area is 352 Å². The first-order valence-electron chi connectivity index (χ1n) is 13.0. The van der Waals surface area contributed by atoms with Gasteiger partial charge < -0.3 is 23.8 Å². The first kappa shape index (κ1) is 43.8. The van der Waals surface area contributed by atoms with E-state index in [0.29, 0.717) is 17.1 Å². The van der Waals surface area contributed by atoms with Crippen LogP contribution < -0.4 is 99.5 Å². The van der Waals surface area contributed by atoms with Gasteiger partial charge in [0.05, 0.1) is 37.8 Å². The van der Waals surface area contributed by atoms with Crippen LogP contribution in [-0.2, 0) is 37.9 Å². The van der Waals surface area contributed by atoms with E-state index < -0.39 is 63.4 Å². The topological polar surface area (TPSA) is 234 Å². The molecule has 0 unspecified atom stereocenters. The molecule has 1 heterocycles. The normalized spacial score (nSPS) is 11.4. The standard InChI is InChI=1S/C30H19N2O9S2.3Na.O3S/c1-32-22-14-13-21(31-20-12-11-17(42(36,37)38)15-23(20)43(39,40)41)25-26(22)24(18-9-5-6-10-19(18)29(25)34)27(30(32)35)28(33)16-7-3-2-4-8-16;;;;1-4(2)3/h2-3,5-15,31H,1H3,(H,36,37,38)(H,39,40,41);;;;/q-1;3*+1;/p-2. The van der Waals surface area contributed by atoms with Crippen LogP contribution in [0.3, 0.4) is 0 Å². The molecular formula is C30H17N2Na3O12S3. The van der Waals surface area contributed by atoms with Gasteiger partial charge in [0.15, 0.2) is 5.78 Å². The maximum atomic E-state index is 14.0. The molecule has 0 spiro atoms. The van der Waals surface area contributed by atoms with Crippen LogP contribution in [0.2, 0.25) is 0 Å². The number of fused-ring (bicyclic) bond motifs is 2. The van der Waals surface area contributed by atoms with E-state index >= 15 is 0 Å². The van der Waals surface area contributed by atoms with Gasteiger partial charge in [-0.25, -0.2) is 16.8 Å². The largest absolute Gasteiger partial charge is 1.00 e. The van der Waals surface area contributed by atoms with Gasteiger partial charge in [-0.1, -0.05) is 29.8 Å². The molecule has 240 valence electrons. The van der Waals surface area contributed by atoms with Crippen LogP contribution in [0.25, 0.3) is 22.0 Å². The van der Waals surface area contributed by atoms with Gasteiger partial charge in [0, 0.05) is 23.6 Å². The molecular weight excluding hydrogens is 746 g/mol. The quantitative estimate of drug-likeness (QED) is 0.0721. The zero-order valence-electron chi connectivity index (χ0n) is 26.6. The minimum atomic E-state index is -5.31. The summed E-state index contributed by atoms with van der Waals surface area (Å²) in [5.41, 5.74) is -0.0261. The molecule has 1 N–H and O–H groups in total. The summed E-state index contributed by atoms with van der Waals surface area (Å²) in [6.07, 6.45) is 0. The maximum absolute atomic E-state index is 14.0. The molecule has 0 aliphatic heterocycles. The number of hydrogen-bond acceptors (Lipinski definition) is 13. The number of carbonyl (C=O) groups excluding carboxylic acids is 2. The van der Waals surface area contributed by atoms with Crippen molar-refractivity contribution in [2.24, 2.45) is 7.05 Å². The van der Waals surface area contributed by atoms with Crippen molar-refractivity contribution in [3.05, 3.63) is 118 Å². The van der Waals surface area contributed by atoms with Crippen molar-refractivity contribution in [2.45, 2.75) is 9.79 Å². The van der Waals surface area contributed by atoms with Crippen molar-refractivity contribution >= 4 is 64.7 Å². The molecule has 1 aromatic heterocycles. The summed E-state index contributed by atoms with van der Waals surface area (Å²) in [5.74, 6) is -1.12. The number of benzene rings is 4. The Morgan fingerprint density at radius 2 is 1.40 bits per heavy atom. The summed E-state index contributed by atoms with van der Waals surface area (Å²) in [7, 11) is -12.1. The second-order valence-corrected chi connectivity index (χ2v) is 13.0. The van der Waals surface area contributed by atoms with Gasteiger partial charge in [0.2, 0.25) is 0 Å². The van der Waals surface area contributed by atoms with Gasteiger partial charge in [0.25, 0.3) is 5.56 Å². The zero-order valence-corrected chi connectivity index (χ0v) is 35.0. The Balaban J connectivity index is 0.00000118. The number of carbonyl (C=O) groups is 2. The summed E-state index contributed by atoms with van der Waals surface area (Å²) in [4.78, 5) is 39.5. The SMILES string of the molecule is Cn1c(=O)c(C(=O)c2c[c-]ccc2)c2c3c(c(Nc4ccc(S(=O)(=O)[O-])cc4S(=O)(=O)[O-])ccc31)C(=O)c1ccccc1-2.O=S(=O)=O.[Na+].[Na+].[Na+]. The zero-order chi connectivity index (χ0) is 34.4. The van der Waals surface area contributed by atoms with Gasteiger partial charge in [-0.2, -0.15) is 30.3 Å². The van der Waals surface area contributed by atoms with Crippen molar-refractivity contribution < 1.29 is 137 Å². The first-order chi connectivity index (χ1) is 22.0. The Morgan fingerprint density at radius 1 is 0.800 bits per heavy atom. The molecule has 1 aliphatic rings. The monoisotopic (exact) mass is 762 g/mol. The number of nitrogens with zero attached hydrogens (tertiary/aromatic N) is 1. The molecule has 0 saturated carbocycles. The molecule has 0 atom stereocenters. The molecule has 14 nitrogen and oxygen atoms in total. The molecule has 50 heavy (non-hydrogen) atoms. The number of aryl methyl sites for hydroxylation is 1. The first-order valence-corrected chi connectivity index (χ1v) is 16.8. The number of pyridine rings is 1. The number of nitrogens with one attached hydrogen (secondary N) is 1. The Morgan fingerprint density at radius 3 is 1.96 bits per heavy atom. The second-order valence-electron chi connectivity index (χ2n) is 9.89. The van der Waals surface area contributed by atoms with Gasteiger partial charge in [0.1, 0.15) is 26.0 Å². The molecule has 0 amide bonds. The number of aromatic nitrogens is 1. The minimum absolute atomic E-state index is 0. The molecule has 0 bridgehead atoms. The summed E-state index contributed by atoms with van der Waals surface area (Å²) in [6, 6.07) is 20.4. The van der Waals surface area contributed by atoms with E-state index in [1.54, 1.807) is 30.3 Å². The van der Waals surface area contributed by atoms with Crippen LogP contribution >= 0.6 is 0 Å². The van der Waals surface area contributed by atoms with Crippen molar-refractivity contribution in [3.8, 4) is 11.1 Å². The molecule has 0 radical (unpaired) electrons. The van der Waals surface area contributed by atoms with Crippen molar-refractivity contribution in [2.75, 3.05) is 5.32 Å². The fourth-order valence-electron chi connectivity index (χ4n) is 5.28. The third-order valence-electron chi connectivity index (χ3n) is 7.21. The third-order valence-corrected chi connectivity index (χ3v) is 8.92. The Hall–Kier alpha value is -2.33. The van der Waals surface area contributed by atoms with Crippen molar-refractivity contribution in [1.29, 1.82) is 0 Å². The van der Waals surface area contributed by atoms with Crippen LogP contribution in [0.5, 0.6) is 0 Å². The molecule has 4 aromatic carbocycles. The molecule has 0 saturated heterocycles. The minimum Gasteiger partial charge on any atom is -0.744 e. The van der Waals surface area contributed by atoms with Gasteiger partial charge in [-0.15, -0.1) is 12.6 Å². The summed E-state index contributed by atoms with van der Waals surface area (Å²) in [6.45, 7) is 0. The van der Waals surface area contributed by atoms with E-state index in [2.05, 4.69) is 11.4 Å². The van der Waals surface area contributed by atoms with Crippen LogP contribution in [0.15, 0.2) is 93.4 Å². The van der Waals surface area contributed by atoms with Crippen LogP contribution in [0.1, 0.15) is 31.8 Å². The third kappa shape index (κ3) is 8.65. The van der Waals surface area contributed by atoms with E-state index in [0.717, 1.165) is 12.1 Å². The molecule has 1 aliphatic carbocycles. The summed E-state index contributed by atoms with van der Waals surface area (Å²) < 4.78 is 97.3. The fraction of sp³-hybridized carbons (Fsp3) is 0.0333. The summed E-state index contributed by atoms with van der Waals surface area (Å²) in [5, 5.41) is 2.96. The molecule has 0 fully saturated rings. The van der Waals surface area contributed by atoms with Gasteiger partial charge in [-0.3, -0.25) is 9.59 Å². The van der Waals surface area contributed by atoms with E-state index in [-0.39, 0.29) is 128 Å². The average Bonchev–Trinajstić information content (AvgIpc) is 3.01. The average molecular weight is 763 g/mol. The number of anilines is 2. The van der Waals surface area contributed by atoms with E-state index in [1.165, 1.54) is 41.9 Å².